The van der Waals surface area contributed by atoms with E-state index in [-0.39, 0.29) is 29.2 Å². The number of nitrogens with one attached hydrogen (secondary N) is 1. The number of hydrogen-bond donors (Lipinski definition) is 2. The van der Waals surface area contributed by atoms with Crippen molar-refractivity contribution >= 4 is 17.8 Å². The molecule has 0 aromatic heterocycles. The summed E-state index contributed by atoms with van der Waals surface area (Å²) in [6, 6.07) is 6.46. The van der Waals surface area contributed by atoms with Crippen LogP contribution in [0.3, 0.4) is 0 Å². The molecule has 0 unspecified atom stereocenters. The van der Waals surface area contributed by atoms with Gasteiger partial charge in [-0.25, -0.2) is 4.79 Å². The normalized spacial score (nSPS) is 20.5. The van der Waals surface area contributed by atoms with E-state index >= 15 is 0 Å². The molecule has 24 heavy (non-hydrogen) atoms. The lowest BCUT2D eigenvalue weighted by Gasteiger charge is -2.32. The molecule has 1 atom stereocenters. The lowest BCUT2D eigenvalue weighted by atomic mass is 9.96. The molecule has 6 nitrogen and oxygen atoms in total. The SMILES string of the molecule is O=C(O)c1ccc(CNC(=O)[C@@H]2CCCN(C(=O)C3CC3)C2)cc1. The van der Waals surface area contributed by atoms with Gasteiger partial charge in [-0.3, -0.25) is 9.59 Å². The van der Waals surface area contributed by atoms with Gasteiger partial charge in [0, 0.05) is 25.6 Å². The van der Waals surface area contributed by atoms with Crippen LogP contribution in [0, 0.1) is 11.8 Å². The summed E-state index contributed by atoms with van der Waals surface area (Å²) in [6.45, 7) is 1.64. The third-order valence-corrected chi connectivity index (χ3v) is 4.70. The number of piperidine rings is 1. The van der Waals surface area contributed by atoms with Crippen LogP contribution in [0.5, 0.6) is 0 Å². The van der Waals surface area contributed by atoms with Gasteiger partial charge in [-0.05, 0) is 43.4 Å². The van der Waals surface area contributed by atoms with Crippen molar-refractivity contribution in [1.82, 2.24) is 10.2 Å². The van der Waals surface area contributed by atoms with Gasteiger partial charge in [0.1, 0.15) is 0 Å². The maximum atomic E-state index is 12.4. The Balaban J connectivity index is 1.50. The van der Waals surface area contributed by atoms with Crippen LogP contribution in [0.2, 0.25) is 0 Å². The minimum absolute atomic E-state index is 0.0365. The molecule has 0 radical (unpaired) electrons. The zero-order chi connectivity index (χ0) is 17.1. The van der Waals surface area contributed by atoms with Crippen molar-refractivity contribution < 1.29 is 19.5 Å². The highest BCUT2D eigenvalue weighted by Crippen LogP contribution is 2.32. The summed E-state index contributed by atoms with van der Waals surface area (Å²) in [5.74, 6) is -0.755. The number of carboxylic acid groups (broad SMARTS) is 1. The van der Waals surface area contributed by atoms with E-state index in [4.69, 9.17) is 5.11 Å². The molecule has 1 saturated heterocycles. The van der Waals surface area contributed by atoms with Gasteiger partial charge < -0.3 is 15.3 Å². The maximum absolute atomic E-state index is 12.4. The smallest absolute Gasteiger partial charge is 0.335 e. The summed E-state index contributed by atoms with van der Waals surface area (Å²) in [4.78, 5) is 37.2. The minimum Gasteiger partial charge on any atom is -0.478 e. The topological polar surface area (TPSA) is 86.7 Å². The van der Waals surface area contributed by atoms with Crippen molar-refractivity contribution in [2.45, 2.75) is 32.2 Å². The Bertz CT molecular complexity index is 637. The predicted octanol–water partition coefficient (Wildman–Crippen LogP) is 1.65. The molecule has 128 valence electrons. The van der Waals surface area contributed by atoms with E-state index < -0.39 is 5.97 Å². The van der Waals surface area contributed by atoms with E-state index in [1.807, 2.05) is 4.90 Å². The van der Waals surface area contributed by atoms with Crippen LogP contribution in [0.1, 0.15) is 41.6 Å². The van der Waals surface area contributed by atoms with Gasteiger partial charge >= 0.3 is 5.97 Å². The number of amides is 2. The minimum atomic E-state index is -0.965. The number of hydrogen-bond acceptors (Lipinski definition) is 3. The molecule has 1 saturated carbocycles. The van der Waals surface area contributed by atoms with E-state index in [0.717, 1.165) is 37.8 Å². The number of likely N-dealkylation sites (tertiary alicyclic amines) is 1. The van der Waals surface area contributed by atoms with Crippen molar-refractivity contribution in [2.75, 3.05) is 13.1 Å². The fourth-order valence-corrected chi connectivity index (χ4v) is 3.08. The van der Waals surface area contributed by atoms with E-state index in [1.54, 1.807) is 12.1 Å². The predicted molar refractivity (Wildman–Crippen MR) is 87.3 cm³/mol. The van der Waals surface area contributed by atoms with Gasteiger partial charge in [-0.1, -0.05) is 12.1 Å². The van der Waals surface area contributed by atoms with Crippen molar-refractivity contribution in [3.05, 3.63) is 35.4 Å². The molecule has 2 fully saturated rings. The van der Waals surface area contributed by atoms with Crippen LogP contribution in [-0.2, 0) is 16.1 Å². The number of rotatable bonds is 5. The summed E-state index contributed by atoms with van der Waals surface area (Å²) in [6.07, 6.45) is 3.64. The zero-order valence-corrected chi connectivity index (χ0v) is 13.5. The fraction of sp³-hybridized carbons (Fsp3) is 0.500. The molecule has 1 aromatic rings. The average Bonchev–Trinajstić information content (AvgIpc) is 3.44. The molecule has 2 N–H and O–H groups in total. The van der Waals surface area contributed by atoms with Gasteiger partial charge in [0.2, 0.25) is 11.8 Å². The van der Waals surface area contributed by atoms with Crippen molar-refractivity contribution in [1.29, 1.82) is 0 Å². The van der Waals surface area contributed by atoms with E-state index in [0.29, 0.717) is 13.1 Å². The molecule has 2 amide bonds. The Morgan fingerprint density at radius 3 is 2.42 bits per heavy atom. The van der Waals surface area contributed by atoms with Crippen LogP contribution in [0.25, 0.3) is 0 Å². The van der Waals surface area contributed by atoms with Crippen LogP contribution >= 0.6 is 0 Å². The highest BCUT2D eigenvalue weighted by Gasteiger charge is 2.36. The molecule has 1 aliphatic heterocycles. The molecule has 0 spiro atoms. The molecule has 1 heterocycles. The third-order valence-electron chi connectivity index (χ3n) is 4.70. The monoisotopic (exact) mass is 330 g/mol. The van der Waals surface area contributed by atoms with E-state index in [9.17, 15) is 14.4 Å². The zero-order valence-electron chi connectivity index (χ0n) is 13.5. The van der Waals surface area contributed by atoms with Gasteiger partial charge in [0.05, 0.1) is 11.5 Å². The first-order chi connectivity index (χ1) is 11.5. The van der Waals surface area contributed by atoms with Crippen LogP contribution in [-0.4, -0.2) is 40.9 Å². The molecular formula is C18H22N2O4. The first-order valence-electron chi connectivity index (χ1n) is 8.43. The number of benzene rings is 1. The first kappa shape index (κ1) is 16.5. The second kappa shape index (κ2) is 7.03. The van der Waals surface area contributed by atoms with Crippen LogP contribution in [0.4, 0.5) is 0 Å². The summed E-state index contributed by atoms with van der Waals surface area (Å²) < 4.78 is 0. The molecule has 0 bridgehead atoms. The summed E-state index contributed by atoms with van der Waals surface area (Å²) >= 11 is 0. The number of carbonyl (C=O) groups is 3. The standard InChI is InChI=1S/C18H22N2O4/c21-16(19-10-12-3-5-14(6-4-12)18(23)24)15-2-1-9-20(11-15)17(22)13-7-8-13/h3-6,13,15H,1-2,7-11H2,(H,19,21)(H,23,24)/t15-/m1/s1. The highest BCUT2D eigenvalue weighted by atomic mass is 16.4. The molecule has 1 aliphatic carbocycles. The highest BCUT2D eigenvalue weighted by molar-refractivity contribution is 5.87. The molecule has 3 rings (SSSR count). The average molecular weight is 330 g/mol. The van der Waals surface area contributed by atoms with Crippen molar-refractivity contribution in [3.8, 4) is 0 Å². The molecule has 2 aliphatic rings. The Labute approximate surface area is 140 Å². The number of carbonyl (C=O) groups excluding carboxylic acids is 2. The number of nitrogens with zero attached hydrogens (tertiary/aromatic N) is 1. The summed E-state index contributed by atoms with van der Waals surface area (Å²) in [5, 5.41) is 11.8. The number of aromatic carboxylic acids is 1. The van der Waals surface area contributed by atoms with E-state index in [2.05, 4.69) is 5.32 Å². The quantitative estimate of drug-likeness (QED) is 0.859. The second-order valence-electron chi connectivity index (χ2n) is 6.62. The largest absolute Gasteiger partial charge is 0.478 e. The summed E-state index contributed by atoms with van der Waals surface area (Å²) in [5.41, 5.74) is 1.08. The van der Waals surface area contributed by atoms with Crippen molar-refractivity contribution in [3.63, 3.8) is 0 Å². The van der Waals surface area contributed by atoms with Crippen LogP contribution in [0.15, 0.2) is 24.3 Å². The van der Waals surface area contributed by atoms with Gasteiger partial charge in [-0.15, -0.1) is 0 Å². The fourth-order valence-electron chi connectivity index (χ4n) is 3.08. The maximum Gasteiger partial charge on any atom is 0.335 e. The molecular weight excluding hydrogens is 308 g/mol. The van der Waals surface area contributed by atoms with Gasteiger partial charge in [0.15, 0.2) is 0 Å². The Hall–Kier alpha value is -2.37. The summed E-state index contributed by atoms with van der Waals surface area (Å²) in [7, 11) is 0. The molecule has 1 aromatic carbocycles. The first-order valence-corrected chi connectivity index (χ1v) is 8.43. The number of carboxylic acids is 1. The van der Waals surface area contributed by atoms with Gasteiger partial charge in [-0.2, -0.15) is 0 Å². The molecule has 6 heteroatoms. The third kappa shape index (κ3) is 3.93. The van der Waals surface area contributed by atoms with Crippen molar-refractivity contribution in [2.24, 2.45) is 11.8 Å². The van der Waals surface area contributed by atoms with Crippen LogP contribution < -0.4 is 5.32 Å². The lowest BCUT2D eigenvalue weighted by Crippen LogP contribution is -2.45. The second-order valence-corrected chi connectivity index (χ2v) is 6.62. The lowest BCUT2D eigenvalue weighted by molar-refractivity contribution is -0.136. The Morgan fingerprint density at radius 2 is 1.79 bits per heavy atom. The Morgan fingerprint density at radius 1 is 1.08 bits per heavy atom. The Kier molecular flexibility index (Phi) is 4.83. The van der Waals surface area contributed by atoms with Gasteiger partial charge in [0.25, 0.3) is 0 Å². The van der Waals surface area contributed by atoms with E-state index in [1.165, 1.54) is 12.1 Å².